The van der Waals surface area contributed by atoms with E-state index in [4.69, 9.17) is 28.9 Å². The molecule has 0 spiro atoms. The minimum absolute atomic E-state index is 0.0227. The third kappa shape index (κ3) is 3.43. The van der Waals surface area contributed by atoms with Crippen LogP contribution in [0.2, 0.25) is 10.0 Å². The van der Waals surface area contributed by atoms with Crippen molar-refractivity contribution in [3.05, 3.63) is 51.5 Å². The molecule has 0 aromatic heterocycles. The van der Waals surface area contributed by atoms with Crippen molar-refractivity contribution >= 4 is 44.6 Å². The predicted molar refractivity (Wildman–Crippen MR) is 87.6 cm³/mol. The fraction of sp³-hybridized carbons (Fsp3) is 0.143. The molecular formula is C14H14Cl2N2O2S. The highest BCUT2D eigenvalue weighted by atomic mass is 35.5. The van der Waals surface area contributed by atoms with E-state index in [1.807, 2.05) is 13.8 Å². The zero-order valence-corrected chi connectivity index (χ0v) is 13.8. The molecule has 112 valence electrons. The van der Waals surface area contributed by atoms with Gasteiger partial charge in [0.15, 0.2) is 0 Å². The number of nitrogens with two attached hydrogens (primary N) is 1. The maximum absolute atomic E-state index is 12.3. The fourth-order valence-electron chi connectivity index (χ4n) is 1.77. The SMILES string of the molecule is Cc1cc(N)c(NS(=O)(=O)c2ccc(Cl)c(Cl)c2)cc1C. The predicted octanol–water partition coefficient (Wildman–Crippen LogP) is 3.99. The summed E-state index contributed by atoms with van der Waals surface area (Å²) in [7, 11) is -3.78. The quantitative estimate of drug-likeness (QED) is 0.826. The van der Waals surface area contributed by atoms with E-state index in [9.17, 15) is 8.42 Å². The molecule has 2 rings (SSSR count). The molecule has 0 bridgehead atoms. The smallest absolute Gasteiger partial charge is 0.262 e. The Bertz CT molecular complexity index is 805. The van der Waals surface area contributed by atoms with E-state index >= 15 is 0 Å². The maximum atomic E-state index is 12.3. The van der Waals surface area contributed by atoms with Crippen molar-refractivity contribution in [1.29, 1.82) is 0 Å². The molecule has 21 heavy (non-hydrogen) atoms. The Labute approximate surface area is 133 Å². The Kier molecular flexibility index (Phi) is 4.37. The van der Waals surface area contributed by atoms with Crippen LogP contribution in [0.4, 0.5) is 11.4 Å². The van der Waals surface area contributed by atoms with Gasteiger partial charge < -0.3 is 5.73 Å². The first-order chi connectivity index (χ1) is 9.70. The number of hydrogen-bond donors (Lipinski definition) is 2. The van der Waals surface area contributed by atoms with Gasteiger partial charge in [0.05, 0.1) is 26.3 Å². The van der Waals surface area contributed by atoms with Crippen molar-refractivity contribution in [2.24, 2.45) is 0 Å². The van der Waals surface area contributed by atoms with Crippen LogP contribution in [-0.4, -0.2) is 8.42 Å². The second-order valence-corrected chi connectivity index (χ2v) is 7.20. The molecule has 0 radical (unpaired) electrons. The summed E-state index contributed by atoms with van der Waals surface area (Å²) in [5, 5.41) is 0.467. The lowest BCUT2D eigenvalue weighted by Gasteiger charge is -2.13. The molecule has 0 aliphatic heterocycles. The first-order valence-electron chi connectivity index (χ1n) is 6.05. The summed E-state index contributed by atoms with van der Waals surface area (Å²) in [5.74, 6) is 0. The number of sulfonamides is 1. The number of hydrogen-bond acceptors (Lipinski definition) is 3. The average molecular weight is 345 g/mol. The normalized spacial score (nSPS) is 11.4. The molecule has 0 aliphatic rings. The molecule has 0 amide bonds. The molecule has 0 aliphatic carbocycles. The van der Waals surface area contributed by atoms with Crippen LogP contribution >= 0.6 is 23.2 Å². The van der Waals surface area contributed by atoms with E-state index in [1.165, 1.54) is 18.2 Å². The van der Waals surface area contributed by atoms with E-state index in [2.05, 4.69) is 4.72 Å². The number of nitrogens with one attached hydrogen (secondary N) is 1. The van der Waals surface area contributed by atoms with Gasteiger partial charge in [-0.3, -0.25) is 4.72 Å². The zero-order chi connectivity index (χ0) is 15.8. The lowest BCUT2D eigenvalue weighted by atomic mass is 10.1. The fourth-order valence-corrected chi connectivity index (χ4v) is 3.24. The van der Waals surface area contributed by atoms with E-state index in [0.29, 0.717) is 16.4 Å². The van der Waals surface area contributed by atoms with Gasteiger partial charge in [-0.15, -0.1) is 0 Å². The standard InChI is InChI=1S/C14H14Cl2N2O2S/c1-8-5-13(17)14(6-9(8)2)18-21(19,20)10-3-4-11(15)12(16)7-10/h3-7,18H,17H2,1-2H3. The van der Waals surface area contributed by atoms with Crippen molar-refractivity contribution in [3.63, 3.8) is 0 Å². The number of aryl methyl sites for hydroxylation is 2. The van der Waals surface area contributed by atoms with Gasteiger partial charge in [-0.05, 0) is 55.3 Å². The molecular weight excluding hydrogens is 331 g/mol. The summed E-state index contributed by atoms with van der Waals surface area (Å²) in [6.45, 7) is 3.79. The van der Waals surface area contributed by atoms with Gasteiger partial charge in [0.1, 0.15) is 0 Å². The third-order valence-electron chi connectivity index (χ3n) is 3.11. The first-order valence-corrected chi connectivity index (χ1v) is 8.29. The lowest BCUT2D eigenvalue weighted by Crippen LogP contribution is -2.14. The summed E-state index contributed by atoms with van der Waals surface area (Å²) in [6.07, 6.45) is 0. The number of nitrogen functional groups attached to an aromatic ring is 1. The van der Waals surface area contributed by atoms with Crippen LogP contribution in [0.1, 0.15) is 11.1 Å². The highest BCUT2D eigenvalue weighted by molar-refractivity contribution is 7.92. The van der Waals surface area contributed by atoms with Crippen LogP contribution in [-0.2, 0) is 10.0 Å². The second kappa shape index (κ2) is 5.75. The summed E-state index contributed by atoms with van der Waals surface area (Å²) in [5.41, 5.74) is 8.49. The molecule has 0 heterocycles. The Morgan fingerprint density at radius 2 is 1.62 bits per heavy atom. The summed E-state index contributed by atoms with van der Waals surface area (Å²) in [4.78, 5) is 0.0227. The van der Waals surface area contributed by atoms with Crippen LogP contribution in [0.3, 0.4) is 0 Å². The van der Waals surface area contributed by atoms with Crippen LogP contribution in [0.15, 0.2) is 35.2 Å². The molecule has 0 saturated heterocycles. The average Bonchev–Trinajstić information content (AvgIpc) is 2.39. The van der Waals surface area contributed by atoms with Gasteiger partial charge in [0.2, 0.25) is 0 Å². The van der Waals surface area contributed by atoms with Crippen LogP contribution < -0.4 is 10.5 Å². The molecule has 4 nitrogen and oxygen atoms in total. The minimum Gasteiger partial charge on any atom is -0.397 e. The third-order valence-corrected chi connectivity index (χ3v) is 5.21. The topological polar surface area (TPSA) is 72.2 Å². The molecule has 7 heteroatoms. The monoisotopic (exact) mass is 344 g/mol. The Balaban J connectivity index is 2.42. The van der Waals surface area contributed by atoms with Crippen molar-refractivity contribution in [1.82, 2.24) is 0 Å². The van der Waals surface area contributed by atoms with Crippen molar-refractivity contribution in [3.8, 4) is 0 Å². The molecule has 2 aromatic rings. The van der Waals surface area contributed by atoms with E-state index in [0.717, 1.165) is 11.1 Å². The molecule has 2 aromatic carbocycles. The van der Waals surface area contributed by atoms with Gasteiger partial charge in [-0.2, -0.15) is 0 Å². The molecule has 0 unspecified atom stereocenters. The number of benzene rings is 2. The molecule has 0 atom stereocenters. The van der Waals surface area contributed by atoms with Crippen LogP contribution in [0.25, 0.3) is 0 Å². The van der Waals surface area contributed by atoms with Crippen molar-refractivity contribution in [2.75, 3.05) is 10.5 Å². The number of rotatable bonds is 3. The molecule has 3 N–H and O–H groups in total. The highest BCUT2D eigenvalue weighted by Crippen LogP contribution is 2.28. The largest absolute Gasteiger partial charge is 0.397 e. The Morgan fingerprint density at radius 3 is 2.24 bits per heavy atom. The van der Waals surface area contributed by atoms with E-state index in [-0.39, 0.29) is 9.92 Å². The number of halogens is 2. The van der Waals surface area contributed by atoms with Crippen LogP contribution in [0.5, 0.6) is 0 Å². The number of anilines is 2. The molecule has 0 saturated carbocycles. The van der Waals surface area contributed by atoms with Gasteiger partial charge >= 0.3 is 0 Å². The van der Waals surface area contributed by atoms with Crippen molar-refractivity contribution < 1.29 is 8.42 Å². The van der Waals surface area contributed by atoms with Gasteiger partial charge in [0, 0.05) is 0 Å². The van der Waals surface area contributed by atoms with Gasteiger partial charge in [0.25, 0.3) is 10.0 Å². The van der Waals surface area contributed by atoms with E-state index in [1.54, 1.807) is 12.1 Å². The summed E-state index contributed by atoms with van der Waals surface area (Å²) >= 11 is 11.6. The maximum Gasteiger partial charge on any atom is 0.262 e. The zero-order valence-electron chi connectivity index (χ0n) is 11.4. The van der Waals surface area contributed by atoms with Crippen LogP contribution in [0, 0.1) is 13.8 Å². The van der Waals surface area contributed by atoms with Gasteiger partial charge in [-0.1, -0.05) is 23.2 Å². The van der Waals surface area contributed by atoms with Gasteiger partial charge in [-0.25, -0.2) is 8.42 Å². The molecule has 0 fully saturated rings. The minimum atomic E-state index is -3.78. The highest BCUT2D eigenvalue weighted by Gasteiger charge is 2.17. The second-order valence-electron chi connectivity index (χ2n) is 4.71. The lowest BCUT2D eigenvalue weighted by molar-refractivity contribution is 0.601. The summed E-state index contributed by atoms with van der Waals surface area (Å²) in [6, 6.07) is 7.53. The summed E-state index contributed by atoms with van der Waals surface area (Å²) < 4.78 is 27.2. The van der Waals surface area contributed by atoms with Crippen molar-refractivity contribution in [2.45, 2.75) is 18.7 Å². The first kappa shape index (κ1) is 15.9. The Morgan fingerprint density at radius 1 is 1.00 bits per heavy atom. The van der Waals surface area contributed by atoms with E-state index < -0.39 is 10.0 Å². The Hall–Kier alpha value is -1.43.